The molecule has 2 unspecified atom stereocenters. The first kappa shape index (κ1) is 15.8. The topological polar surface area (TPSA) is 32.3 Å². The second-order valence-corrected chi connectivity index (χ2v) is 7.44. The zero-order valence-electron chi connectivity index (χ0n) is 13.5. The molecule has 0 radical (unpaired) electrons. The van der Waals surface area contributed by atoms with Crippen LogP contribution in [0.25, 0.3) is 0 Å². The summed E-state index contributed by atoms with van der Waals surface area (Å²) < 4.78 is 0. The van der Waals surface area contributed by atoms with Crippen LogP contribution in [0.2, 0.25) is 0 Å². The van der Waals surface area contributed by atoms with Crippen molar-refractivity contribution in [3.05, 3.63) is 0 Å². The van der Waals surface area contributed by atoms with Crippen LogP contribution in [0.1, 0.15) is 65.7 Å². The van der Waals surface area contributed by atoms with Gasteiger partial charge >= 0.3 is 0 Å². The standard InChI is InChI=1S/C17H32N2O/c1-13(2)9-17(20)19-11-14(3)10-16(12-19)18-15-7-5-4-6-8-15/h13-16,18H,4-12H2,1-3H3. The van der Waals surface area contributed by atoms with Gasteiger partial charge in [-0.15, -0.1) is 0 Å². The van der Waals surface area contributed by atoms with Crippen LogP contribution in [0.3, 0.4) is 0 Å². The molecular formula is C17H32N2O. The van der Waals surface area contributed by atoms with Gasteiger partial charge in [0.2, 0.25) is 5.91 Å². The number of likely N-dealkylation sites (tertiary alicyclic amines) is 1. The summed E-state index contributed by atoms with van der Waals surface area (Å²) in [6.07, 6.45) is 8.71. The quantitative estimate of drug-likeness (QED) is 0.857. The third-order valence-electron chi connectivity index (χ3n) is 4.67. The normalized spacial score (nSPS) is 28.9. The van der Waals surface area contributed by atoms with E-state index in [4.69, 9.17) is 0 Å². The van der Waals surface area contributed by atoms with Crippen LogP contribution in [0.4, 0.5) is 0 Å². The molecule has 1 amide bonds. The van der Waals surface area contributed by atoms with Crippen LogP contribution >= 0.6 is 0 Å². The Bertz CT molecular complexity index is 310. The van der Waals surface area contributed by atoms with Crippen LogP contribution in [-0.2, 0) is 4.79 Å². The zero-order valence-corrected chi connectivity index (χ0v) is 13.5. The first-order valence-electron chi connectivity index (χ1n) is 8.58. The molecule has 0 aromatic carbocycles. The largest absolute Gasteiger partial charge is 0.341 e. The molecule has 1 N–H and O–H groups in total. The van der Waals surface area contributed by atoms with Crippen molar-refractivity contribution in [1.82, 2.24) is 10.2 Å². The maximum atomic E-state index is 12.3. The lowest BCUT2D eigenvalue weighted by Gasteiger charge is -2.39. The highest BCUT2D eigenvalue weighted by Gasteiger charge is 2.29. The molecule has 20 heavy (non-hydrogen) atoms. The molecule has 0 bridgehead atoms. The Morgan fingerprint density at radius 1 is 1.15 bits per heavy atom. The molecular weight excluding hydrogens is 248 g/mol. The maximum absolute atomic E-state index is 12.3. The summed E-state index contributed by atoms with van der Waals surface area (Å²) >= 11 is 0. The first-order valence-corrected chi connectivity index (χ1v) is 8.58. The average molecular weight is 280 g/mol. The van der Waals surface area contributed by atoms with Gasteiger partial charge in [-0.05, 0) is 31.1 Å². The average Bonchev–Trinajstić information content (AvgIpc) is 2.38. The predicted molar refractivity (Wildman–Crippen MR) is 83.6 cm³/mol. The molecule has 0 spiro atoms. The van der Waals surface area contributed by atoms with Crippen molar-refractivity contribution in [3.63, 3.8) is 0 Å². The molecule has 1 saturated carbocycles. The van der Waals surface area contributed by atoms with E-state index in [1.807, 2.05) is 0 Å². The van der Waals surface area contributed by atoms with E-state index in [9.17, 15) is 4.79 Å². The molecule has 2 rings (SSSR count). The van der Waals surface area contributed by atoms with Crippen molar-refractivity contribution < 1.29 is 4.79 Å². The van der Waals surface area contributed by atoms with Gasteiger partial charge in [0, 0.05) is 31.6 Å². The van der Waals surface area contributed by atoms with Gasteiger partial charge in [0.1, 0.15) is 0 Å². The molecule has 2 aliphatic rings. The van der Waals surface area contributed by atoms with Gasteiger partial charge in [-0.3, -0.25) is 4.79 Å². The smallest absolute Gasteiger partial charge is 0.222 e. The van der Waals surface area contributed by atoms with E-state index in [1.54, 1.807) is 0 Å². The molecule has 3 heteroatoms. The van der Waals surface area contributed by atoms with Crippen molar-refractivity contribution in [2.45, 2.75) is 77.8 Å². The van der Waals surface area contributed by atoms with Crippen LogP contribution in [-0.4, -0.2) is 36.0 Å². The number of nitrogens with zero attached hydrogens (tertiary/aromatic N) is 1. The van der Waals surface area contributed by atoms with E-state index in [2.05, 4.69) is 31.0 Å². The van der Waals surface area contributed by atoms with Crippen LogP contribution in [0, 0.1) is 11.8 Å². The maximum Gasteiger partial charge on any atom is 0.222 e. The molecule has 0 aromatic heterocycles. The molecule has 2 atom stereocenters. The molecule has 0 aromatic rings. The molecule has 1 heterocycles. The van der Waals surface area contributed by atoms with Crippen LogP contribution in [0.15, 0.2) is 0 Å². The Hall–Kier alpha value is -0.570. The second kappa shape index (κ2) is 7.44. The fourth-order valence-electron chi connectivity index (χ4n) is 3.76. The van der Waals surface area contributed by atoms with Crippen LogP contribution < -0.4 is 5.32 Å². The first-order chi connectivity index (χ1) is 9.54. The molecule has 116 valence electrons. The van der Waals surface area contributed by atoms with E-state index in [-0.39, 0.29) is 0 Å². The Morgan fingerprint density at radius 2 is 1.85 bits per heavy atom. The molecule has 1 aliphatic carbocycles. The lowest BCUT2D eigenvalue weighted by Crippen LogP contribution is -2.53. The Morgan fingerprint density at radius 3 is 2.50 bits per heavy atom. The SMILES string of the molecule is CC(C)CC(=O)N1CC(C)CC(NC2CCCCC2)C1. The highest BCUT2D eigenvalue weighted by Crippen LogP contribution is 2.22. The van der Waals surface area contributed by atoms with Crippen molar-refractivity contribution in [2.24, 2.45) is 11.8 Å². The number of nitrogens with one attached hydrogen (secondary N) is 1. The number of carbonyl (C=O) groups is 1. The number of carbonyl (C=O) groups excluding carboxylic acids is 1. The Balaban J connectivity index is 1.85. The van der Waals surface area contributed by atoms with Gasteiger partial charge < -0.3 is 10.2 Å². The summed E-state index contributed by atoms with van der Waals surface area (Å²) in [5.41, 5.74) is 0. The fraction of sp³-hybridized carbons (Fsp3) is 0.941. The molecule has 1 aliphatic heterocycles. The van der Waals surface area contributed by atoms with Gasteiger partial charge in [-0.2, -0.15) is 0 Å². The summed E-state index contributed by atoms with van der Waals surface area (Å²) in [6.45, 7) is 8.41. The lowest BCUT2D eigenvalue weighted by molar-refractivity contribution is -0.134. The van der Waals surface area contributed by atoms with Gasteiger partial charge in [-0.1, -0.05) is 40.0 Å². The highest BCUT2D eigenvalue weighted by molar-refractivity contribution is 5.76. The van der Waals surface area contributed by atoms with Crippen molar-refractivity contribution in [3.8, 4) is 0 Å². The molecule has 2 fully saturated rings. The minimum Gasteiger partial charge on any atom is -0.341 e. The third-order valence-corrected chi connectivity index (χ3v) is 4.67. The zero-order chi connectivity index (χ0) is 14.5. The van der Waals surface area contributed by atoms with Crippen molar-refractivity contribution >= 4 is 5.91 Å². The third kappa shape index (κ3) is 4.76. The van der Waals surface area contributed by atoms with E-state index >= 15 is 0 Å². The molecule has 1 saturated heterocycles. The summed E-state index contributed by atoms with van der Waals surface area (Å²) in [6, 6.07) is 1.21. The van der Waals surface area contributed by atoms with Gasteiger partial charge in [0.05, 0.1) is 0 Å². The molecule has 3 nitrogen and oxygen atoms in total. The summed E-state index contributed by atoms with van der Waals surface area (Å²) in [5, 5.41) is 3.83. The lowest BCUT2D eigenvalue weighted by atomic mass is 9.91. The van der Waals surface area contributed by atoms with E-state index in [1.165, 1.54) is 38.5 Å². The Labute approximate surface area is 124 Å². The fourth-order valence-corrected chi connectivity index (χ4v) is 3.76. The number of hydrogen-bond donors (Lipinski definition) is 1. The predicted octanol–water partition coefficient (Wildman–Crippen LogP) is 3.19. The van der Waals surface area contributed by atoms with E-state index in [0.717, 1.165) is 13.1 Å². The number of hydrogen-bond acceptors (Lipinski definition) is 2. The van der Waals surface area contributed by atoms with Gasteiger partial charge in [0.15, 0.2) is 0 Å². The van der Waals surface area contributed by atoms with E-state index < -0.39 is 0 Å². The second-order valence-electron chi connectivity index (χ2n) is 7.44. The minimum absolute atomic E-state index is 0.349. The van der Waals surface area contributed by atoms with Crippen molar-refractivity contribution in [2.75, 3.05) is 13.1 Å². The Kier molecular flexibility index (Phi) is 5.88. The summed E-state index contributed by atoms with van der Waals surface area (Å²) in [7, 11) is 0. The summed E-state index contributed by atoms with van der Waals surface area (Å²) in [4.78, 5) is 14.4. The number of rotatable bonds is 4. The highest BCUT2D eigenvalue weighted by atomic mass is 16.2. The summed E-state index contributed by atoms with van der Waals surface area (Å²) in [5.74, 6) is 1.44. The monoisotopic (exact) mass is 280 g/mol. The van der Waals surface area contributed by atoms with Crippen LogP contribution in [0.5, 0.6) is 0 Å². The number of piperidine rings is 1. The minimum atomic E-state index is 0.349. The van der Waals surface area contributed by atoms with Gasteiger partial charge in [-0.25, -0.2) is 0 Å². The van der Waals surface area contributed by atoms with Gasteiger partial charge in [0.25, 0.3) is 0 Å². The number of amides is 1. The van der Waals surface area contributed by atoms with E-state index in [0.29, 0.717) is 36.2 Å². The van der Waals surface area contributed by atoms with Crippen molar-refractivity contribution in [1.29, 1.82) is 0 Å².